The van der Waals surface area contributed by atoms with Crippen molar-refractivity contribution < 1.29 is 4.74 Å². The van der Waals surface area contributed by atoms with E-state index in [4.69, 9.17) is 4.74 Å². The second kappa shape index (κ2) is 4.17. The summed E-state index contributed by atoms with van der Waals surface area (Å²) >= 11 is 0. The minimum absolute atomic E-state index is 0.211. The van der Waals surface area contributed by atoms with Gasteiger partial charge in [-0.15, -0.1) is 0 Å². The highest BCUT2D eigenvalue weighted by molar-refractivity contribution is 4.94. The zero-order valence-corrected chi connectivity index (χ0v) is 9.31. The minimum atomic E-state index is 0.211. The molecule has 0 aromatic carbocycles. The normalized spacial score (nSPS) is 43.3. The molecule has 0 aromatic heterocycles. The summed E-state index contributed by atoms with van der Waals surface area (Å²) in [7, 11) is 0. The average Bonchev–Trinajstić information content (AvgIpc) is 2.75. The van der Waals surface area contributed by atoms with E-state index in [-0.39, 0.29) is 5.54 Å². The second-order valence-corrected chi connectivity index (χ2v) is 4.92. The number of hydrogen-bond donors (Lipinski definition) is 2. The Bertz CT molecular complexity index is 192. The number of nitrogens with one attached hydrogen (secondary N) is 2. The summed E-state index contributed by atoms with van der Waals surface area (Å²) in [4.78, 5) is 0. The van der Waals surface area contributed by atoms with E-state index in [1.807, 2.05) is 0 Å². The lowest BCUT2D eigenvalue weighted by molar-refractivity contribution is 0.0874. The molecule has 14 heavy (non-hydrogen) atoms. The first kappa shape index (κ1) is 10.4. The van der Waals surface area contributed by atoms with Gasteiger partial charge in [-0.05, 0) is 52.2 Å². The maximum atomic E-state index is 5.61. The molecule has 0 aliphatic carbocycles. The Morgan fingerprint density at radius 1 is 1.57 bits per heavy atom. The highest BCUT2D eigenvalue weighted by Crippen LogP contribution is 2.25. The van der Waals surface area contributed by atoms with E-state index in [2.05, 4.69) is 24.5 Å². The lowest BCUT2D eigenvalue weighted by Crippen LogP contribution is -2.49. The van der Waals surface area contributed by atoms with Gasteiger partial charge in [0.1, 0.15) is 0 Å². The molecule has 2 saturated heterocycles. The Kier molecular flexibility index (Phi) is 3.10. The summed E-state index contributed by atoms with van der Waals surface area (Å²) in [5, 5.41) is 7.08. The van der Waals surface area contributed by atoms with Gasteiger partial charge in [-0.2, -0.15) is 0 Å². The van der Waals surface area contributed by atoms with Gasteiger partial charge in [-0.1, -0.05) is 0 Å². The SMILES string of the molecule is CC1OCCC1(C)NCC1CCNC1. The van der Waals surface area contributed by atoms with Crippen LogP contribution in [0, 0.1) is 5.92 Å². The van der Waals surface area contributed by atoms with Gasteiger partial charge in [-0.25, -0.2) is 0 Å². The summed E-state index contributed by atoms with van der Waals surface area (Å²) in [5.74, 6) is 0.819. The maximum absolute atomic E-state index is 5.61. The van der Waals surface area contributed by atoms with Crippen LogP contribution in [0.4, 0.5) is 0 Å². The van der Waals surface area contributed by atoms with Gasteiger partial charge in [0.25, 0.3) is 0 Å². The molecule has 3 heteroatoms. The van der Waals surface area contributed by atoms with E-state index in [1.165, 1.54) is 19.5 Å². The molecule has 0 aromatic rings. The van der Waals surface area contributed by atoms with Gasteiger partial charge in [0.05, 0.1) is 6.10 Å². The molecule has 3 atom stereocenters. The highest BCUT2D eigenvalue weighted by atomic mass is 16.5. The molecule has 2 rings (SSSR count). The van der Waals surface area contributed by atoms with E-state index in [1.54, 1.807) is 0 Å². The van der Waals surface area contributed by atoms with Crippen molar-refractivity contribution in [1.82, 2.24) is 10.6 Å². The molecular formula is C11H22N2O. The maximum Gasteiger partial charge on any atom is 0.0726 e. The summed E-state index contributed by atoms with van der Waals surface area (Å²) in [5.41, 5.74) is 0.211. The predicted molar refractivity (Wildman–Crippen MR) is 57.4 cm³/mol. The summed E-state index contributed by atoms with van der Waals surface area (Å²) < 4.78 is 5.61. The molecule has 2 N–H and O–H groups in total. The number of hydrogen-bond acceptors (Lipinski definition) is 3. The molecule has 0 bridgehead atoms. The van der Waals surface area contributed by atoms with Crippen LogP contribution < -0.4 is 10.6 Å². The van der Waals surface area contributed by atoms with E-state index in [9.17, 15) is 0 Å². The van der Waals surface area contributed by atoms with E-state index >= 15 is 0 Å². The molecule has 0 radical (unpaired) electrons. The molecule has 2 fully saturated rings. The van der Waals surface area contributed by atoms with Gasteiger partial charge < -0.3 is 15.4 Å². The Morgan fingerprint density at radius 3 is 3.00 bits per heavy atom. The van der Waals surface area contributed by atoms with Gasteiger partial charge in [0, 0.05) is 12.1 Å². The first-order valence-electron chi connectivity index (χ1n) is 5.78. The van der Waals surface area contributed by atoms with Crippen molar-refractivity contribution in [2.75, 3.05) is 26.2 Å². The zero-order chi connectivity index (χ0) is 10.0. The Hall–Kier alpha value is -0.120. The van der Waals surface area contributed by atoms with Gasteiger partial charge in [0.2, 0.25) is 0 Å². The lowest BCUT2D eigenvalue weighted by atomic mass is 9.93. The van der Waals surface area contributed by atoms with Crippen LogP contribution in [0.1, 0.15) is 26.7 Å². The van der Waals surface area contributed by atoms with Crippen molar-refractivity contribution in [3.63, 3.8) is 0 Å². The summed E-state index contributed by atoms with van der Waals surface area (Å²) in [6, 6.07) is 0. The van der Waals surface area contributed by atoms with Crippen LogP contribution in [0.2, 0.25) is 0 Å². The molecule has 0 amide bonds. The van der Waals surface area contributed by atoms with Crippen molar-refractivity contribution in [2.24, 2.45) is 5.92 Å². The van der Waals surface area contributed by atoms with Crippen molar-refractivity contribution in [1.29, 1.82) is 0 Å². The van der Waals surface area contributed by atoms with Crippen LogP contribution in [0.3, 0.4) is 0 Å². The summed E-state index contributed by atoms with van der Waals surface area (Å²) in [6.07, 6.45) is 2.82. The Labute approximate surface area is 86.6 Å². The van der Waals surface area contributed by atoms with Gasteiger partial charge in [0.15, 0.2) is 0 Å². The Balaban J connectivity index is 1.78. The van der Waals surface area contributed by atoms with Crippen molar-refractivity contribution in [2.45, 2.75) is 38.3 Å². The van der Waals surface area contributed by atoms with Crippen molar-refractivity contribution in [3.8, 4) is 0 Å². The average molecular weight is 198 g/mol. The van der Waals surface area contributed by atoms with Crippen LogP contribution in [0.15, 0.2) is 0 Å². The standard InChI is InChI=1S/C11H22N2O/c1-9-11(2,4-6-14-9)13-8-10-3-5-12-7-10/h9-10,12-13H,3-8H2,1-2H3. The second-order valence-electron chi connectivity index (χ2n) is 4.92. The number of rotatable bonds is 3. The van der Waals surface area contributed by atoms with Gasteiger partial charge in [-0.3, -0.25) is 0 Å². The van der Waals surface area contributed by atoms with Gasteiger partial charge >= 0.3 is 0 Å². The summed E-state index contributed by atoms with van der Waals surface area (Å²) in [6.45, 7) is 8.87. The van der Waals surface area contributed by atoms with Crippen LogP contribution in [-0.4, -0.2) is 37.9 Å². The molecule has 2 heterocycles. The predicted octanol–water partition coefficient (Wildman–Crippen LogP) is 0.753. The van der Waals surface area contributed by atoms with E-state index in [0.29, 0.717) is 6.10 Å². The van der Waals surface area contributed by atoms with Crippen molar-refractivity contribution >= 4 is 0 Å². The molecule has 3 unspecified atom stereocenters. The van der Waals surface area contributed by atoms with Crippen LogP contribution in [-0.2, 0) is 4.74 Å². The smallest absolute Gasteiger partial charge is 0.0726 e. The fourth-order valence-corrected chi connectivity index (χ4v) is 2.33. The van der Waals surface area contributed by atoms with E-state index < -0.39 is 0 Å². The molecule has 0 saturated carbocycles. The molecule has 0 spiro atoms. The first-order chi connectivity index (χ1) is 6.71. The fraction of sp³-hybridized carbons (Fsp3) is 1.00. The third-order valence-electron chi connectivity index (χ3n) is 3.84. The van der Waals surface area contributed by atoms with Crippen LogP contribution >= 0.6 is 0 Å². The molecule has 82 valence electrons. The third-order valence-corrected chi connectivity index (χ3v) is 3.84. The van der Waals surface area contributed by atoms with E-state index in [0.717, 1.165) is 25.5 Å². The third kappa shape index (κ3) is 2.10. The number of ether oxygens (including phenoxy) is 1. The Morgan fingerprint density at radius 2 is 2.43 bits per heavy atom. The largest absolute Gasteiger partial charge is 0.377 e. The monoisotopic (exact) mass is 198 g/mol. The zero-order valence-electron chi connectivity index (χ0n) is 9.31. The molecule has 3 nitrogen and oxygen atoms in total. The van der Waals surface area contributed by atoms with Crippen molar-refractivity contribution in [3.05, 3.63) is 0 Å². The molecule has 2 aliphatic rings. The first-order valence-corrected chi connectivity index (χ1v) is 5.78. The minimum Gasteiger partial charge on any atom is -0.377 e. The van der Waals surface area contributed by atoms with Crippen LogP contribution in [0.25, 0.3) is 0 Å². The fourth-order valence-electron chi connectivity index (χ4n) is 2.33. The lowest BCUT2D eigenvalue weighted by Gasteiger charge is -2.30. The highest BCUT2D eigenvalue weighted by Gasteiger charge is 2.36. The molecule has 2 aliphatic heterocycles. The topological polar surface area (TPSA) is 33.3 Å². The molecular weight excluding hydrogens is 176 g/mol. The van der Waals surface area contributed by atoms with Crippen LogP contribution in [0.5, 0.6) is 0 Å². The quantitative estimate of drug-likeness (QED) is 0.702.